The summed E-state index contributed by atoms with van der Waals surface area (Å²) in [5.41, 5.74) is 24.6. The second-order valence-corrected chi connectivity index (χ2v) is 20.6. The lowest BCUT2D eigenvalue weighted by molar-refractivity contribution is 0.584. The Morgan fingerprint density at radius 3 is 1.03 bits per heavy atom. The Morgan fingerprint density at radius 1 is 0.339 bits per heavy atom. The summed E-state index contributed by atoms with van der Waals surface area (Å²) >= 11 is 0. The number of hydrogen-bond acceptors (Lipinski definition) is 1. The van der Waals surface area contributed by atoms with Crippen molar-refractivity contribution < 1.29 is 0 Å². The number of benzene rings is 7. The van der Waals surface area contributed by atoms with Crippen molar-refractivity contribution in [1.82, 2.24) is 0 Å². The second-order valence-electron chi connectivity index (χ2n) is 20.6. The molecule has 1 heteroatoms. The molecule has 0 N–H and O–H groups in total. The zero-order chi connectivity index (χ0) is 41.8. The fourth-order valence-electron chi connectivity index (χ4n) is 9.68. The van der Waals surface area contributed by atoms with E-state index in [1.807, 2.05) is 0 Å². The van der Waals surface area contributed by atoms with Crippen LogP contribution in [0.2, 0.25) is 0 Å². The van der Waals surface area contributed by atoms with Crippen LogP contribution in [0.25, 0.3) is 44.5 Å². The van der Waals surface area contributed by atoms with Crippen molar-refractivity contribution in [3.63, 3.8) is 0 Å². The first kappa shape index (κ1) is 38.8. The van der Waals surface area contributed by atoms with Gasteiger partial charge in [0.05, 0.1) is 0 Å². The lowest BCUT2D eigenvalue weighted by Gasteiger charge is -2.28. The minimum absolute atomic E-state index is 0.0909. The highest BCUT2D eigenvalue weighted by Gasteiger charge is 2.38. The molecule has 1 nitrogen and oxygen atoms in total. The van der Waals surface area contributed by atoms with E-state index in [0.717, 1.165) is 17.1 Å². The van der Waals surface area contributed by atoms with Crippen molar-refractivity contribution in [3.8, 4) is 44.5 Å². The molecule has 9 rings (SSSR count). The molecule has 7 aromatic carbocycles. The SMILES string of the molecule is Cc1ccc(N(c2ccc(C)cc2)c2cc(-c3ccc4c(c3)C(C)(C)c3cc(C(C)(C)C)ccc3-4)cc(-c3ccc4c(c3)C(C)(C)c3cc(C(C)(C)C)ccc3-4)c2)cc1. The molecule has 0 amide bonds. The van der Waals surface area contributed by atoms with E-state index in [-0.39, 0.29) is 21.7 Å². The van der Waals surface area contributed by atoms with Crippen LogP contribution in [0.4, 0.5) is 17.1 Å². The van der Waals surface area contributed by atoms with Gasteiger partial charge in [-0.25, -0.2) is 0 Å². The van der Waals surface area contributed by atoms with Crippen LogP contribution in [0.5, 0.6) is 0 Å². The topological polar surface area (TPSA) is 3.24 Å². The molecule has 0 unspecified atom stereocenters. The van der Waals surface area contributed by atoms with Crippen molar-refractivity contribution in [2.24, 2.45) is 0 Å². The molecule has 2 aliphatic carbocycles. The van der Waals surface area contributed by atoms with E-state index >= 15 is 0 Å². The van der Waals surface area contributed by atoms with Crippen molar-refractivity contribution >= 4 is 17.1 Å². The molecule has 0 aliphatic heterocycles. The monoisotopic (exact) mass is 769 g/mol. The van der Waals surface area contributed by atoms with Gasteiger partial charge in [-0.15, -0.1) is 0 Å². The van der Waals surface area contributed by atoms with Gasteiger partial charge in [0.15, 0.2) is 0 Å². The molecule has 2 aliphatic rings. The van der Waals surface area contributed by atoms with Crippen LogP contribution >= 0.6 is 0 Å². The number of anilines is 3. The third-order valence-corrected chi connectivity index (χ3v) is 13.5. The molecule has 0 bridgehead atoms. The zero-order valence-corrected chi connectivity index (χ0v) is 37.2. The number of fused-ring (bicyclic) bond motifs is 6. The third kappa shape index (κ3) is 6.55. The number of nitrogens with zero attached hydrogens (tertiary/aromatic N) is 1. The lowest BCUT2D eigenvalue weighted by Crippen LogP contribution is -2.17. The molecule has 0 fully saturated rings. The van der Waals surface area contributed by atoms with Crippen molar-refractivity contribution in [3.05, 3.63) is 184 Å². The van der Waals surface area contributed by atoms with E-state index in [0.29, 0.717) is 0 Å². The van der Waals surface area contributed by atoms with Gasteiger partial charge in [-0.1, -0.05) is 165 Å². The predicted octanol–water partition coefficient (Wildman–Crippen LogP) is 16.3. The summed E-state index contributed by atoms with van der Waals surface area (Å²) in [5, 5.41) is 0. The van der Waals surface area contributed by atoms with E-state index in [4.69, 9.17) is 0 Å². The molecule has 7 aromatic rings. The molecule has 0 saturated carbocycles. The minimum Gasteiger partial charge on any atom is -0.310 e. The van der Waals surface area contributed by atoms with E-state index in [1.54, 1.807) is 0 Å². The molecule has 296 valence electrons. The zero-order valence-electron chi connectivity index (χ0n) is 37.2. The summed E-state index contributed by atoms with van der Waals surface area (Å²) in [6, 6.07) is 53.8. The quantitative estimate of drug-likeness (QED) is 0.169. The van der Waals surface area contributed by atoms with Crippen molar-refractivity contribution in [2.45, 2.75) is 105 Å². The highest BCUT2D eigenvalue weighted by Crippen LogP contribution is 2.53. The van der Waals surface area contributed by atoms with Gasteiger partial charge in [-0.2, -0.15) is 0 Å². The second kappa shape index (κ2) is 13.4. The molecular weight excluding hydrogens is 711 g/mol. The maximum Gasteiger partial charge on any atom is 0.0473 e. The predicted molar refractivity (Wildman–Crippen MR) is 254 cm³/mol. The van der Waals surface area contributed by atoms with Gasteiger partial charge in [-0.3, -0.25) is 0 Å². The average Bonchev–Trinajstić information content (AvgIpc) is 3.57. The normalized spacial score (nSPS) is 14.7. The standard InChI is InChI=1S/C58H59N/c1-36-13-21-44(22-14-36)59(45-23-15-37(2)16-24-45)46-30-40(38-17-25-47-49-27-19-42(55(3,4)5)34-53(49)57(9,10)51(47)32-38)29-41(31-46)39-18-26-48-50-28-20-43(56(6,7)8)35-54(50)58(11,12)52(48)33-39/h13-35H,1-12H3. The summed E-state index contributed by atoms with van der Waals surface area (Å²) in [6.07, 6.45) is 0. The van der Waals surface area contributed by atoms with E-state index < -0.39 is 0 Å². The van der Waals surface area contributed by atoms with Crippen LogP contribution in [-0.2, 0) is 21.7 Å². The van der Waals surface area contributed by atoms with Gasteiger partial charge in [0, 0.05) is 27.9 Å². The van der Waals surface area contributed by atoms with Crippen LogP contribution in [0.15, 0.2) is 140 Å². The highest BCUT2D eigenvalue weighted by atomic mass is 15.1. The Labute approximate surface area is 353 Å². The van der Waals surface area contributed by atoms with Crippen LogP contribution in [0, 0.1) is 13.8 Å². The van der Waals surface area contributed by atoms with Crippen LogP contribution < -0.4 is 4.90 Å². The lowest BCUT2D eigenvalue weighted by atomic mass is 9.78. The first-order valence-electron chi connectivity index (χ1n) is 21.5. The van der Waals surface area contributed by atoms with Gasteiger partial charge >= 0.3 is 0 Å². The van der Waals surface area contributed by atoms with Crippen LogP contribution in [-0.4, -0.2) is 0 Å². The Hall–Kier alpha value is -5.66. The minimum atomic E-state index is -0.119. The summed E-state index contributed by atoms with van der Waals surface area (Å²) in [4.78, 5) is 2.42. The summed E-state index contributed by atoms with van der Waals surface area (Å²) in [6.45, 7) is 27.8. The molecule has 59 heavy (non-hydrogen) atoms. The Morgan fingerprint density at radius 2 is 0.678 bits per heavy atom. The first-order valence-corrected chi connectivity index (χ1v) is 21.5. The molecule has 0 aromatic heterocycles. The summed E-state index contributed by atoms with van der Waals surface area (Å²) < 4.78 is 0. The van der Waals surface area contributed by atoms with Crippen molar-refractivity contribution in [2.75, 3.05) is 4.90 Å². The molecule has 0 radical (unpaired) electrons. The fourth-order valence-corrected chi connectivity index (χ4v) is 9.68. The van der Waals surface area contributed by atoms with E-state index in [2.05, 4.69) is 228 Å². The molecular formula is C58H59N. The Balaban J connectivity index is 1.23. The molecule has 0 spiro atoms. The summed E-state index contributed by atoms with van der Waals surface area (Å²) in [5.74, 6) is 0. The summed E-state index contributed by atoms with van der Waals surface area (Å²) in [7, 11) is 0. The first-order chi connectivity index (χ1) is 27.8. The van der Waals surface area contributed by atoms with Gasteiger partial charge in [0.1, 0.15) is 0 Å². The maximum atomic E-state index is 2.48. The molecule has 0 saturated heterocycles. The van der Waals surface area contributed by atoms with Gasteiger partial charge in [-0.05, 0) is 157 Å². The van der Waals surface area contributed by atoms with Crippen molar-refractivity contribution in [1.29, 1.82) is 0 Å². The van der Waals surface area contributed by atoms with Crippen LogP contribution in [0.1, 0.15) is 114 Å². The Bertz CT molecular complexity index is 2590. The molecule has 0 atom stereocenters. The third-order valence-electron chi connectivity index (χ3n) is 13.5. The maximum absolute atomic E-state index is 2.48. The number of aryl methyl sites for hydroxylation is 2. The number of rotatable bonds is 5. The average molecular weight is 770 g/mol. The largest absolute Gasteiger partial charge is 0.310 e. The number of hydrogen-bond donors (Lipinski definition) is 0. The van der Waals surface area contributed by atoms with Gasteiger partial charge in [0.25, 0.3) is 0 Å². The smallest absolute Gasteiger partial charge is 0.0473 e. The van der Waals surface area contributed by atoms with Gasteiger partial charge < -0.3 is 4.90 Å². The van der Waals surface area contributed by atoms with E-state index in [1.165, 1.54) is 89.0 Å². The van der Waals surface area contributed by atoms with Gasteiger partial charge in [0.2, 0.25) is 0 Å². The van der Waals surface area contributed by atoms with E-state index in [9.17, 15) is 0 Å². The fraction of sp³-hybridized carbons (Fsp3) is 0.276. The van der Waals surface area contributed by atoms with Crippen LogP contribution in [0.3, 0.4) is 0 Å². The molecule has 0 heterocycles. The highest BCUT2D eigenvalue weighted by molar-refractivity contribution is 5.90. The Kier molecular flexibility index (Phi) is 8.84.